The predicted octanol–water partition coefficient (Wildman–Crippen LogP) is 5.20. The zero-order valence-electron chi connectivity index (χ0n) is 14.4. The van der Waals surface area contributed by atoms with Crippen molar-refractivity contribution < 1.29 is 4.79 Å². The zero-order valence-corrected chi connectivity index (χ0v) is 15.2. The first kappa shape index (κ1) is 16.5. The molecule has 4 heteroatoms. The van der Waals surface area contributed by atoms with Crippen molar-refractivity contribution in [1.82, 2.24) is 10.3 Å². The number of carbonyl (C=O) groups excluding carboxylic acids is 1. The van der Waals surface area contributed by atoms with E-state index in [1.807, 2.05) is 61.5 Å². The Morgan fingerprint density at radius 1 is 1.00 bits per heavy atom. The molecule has 0 bridgehead atoms. The molecule has 0 unspecified atom stereocenters. The van der Waals surface area contributed by atoms with E-state index in [0.29, 0.717) is 12.1 Å². The Balaban J connectivity index is 1.45. The molecule has 0 saturated carbocycles. The van der Waals surface area contributed by atoms with Crippen molar-refractivity contribution in [3.8, 4) is 10.6 Å². The quantitative estimate of drug-likeness (QED) is 0.545. The number of rotatable bonds is 4. The molecule has 0 atom stereocenters. The second-order valence-corrected chi connectivity index (χ2v) is 7.27. The van der Waals surface area contributed by atoms with Crippen LogP contribution in [0.4, 0.5) is 0 Å². The number of nitrogens with one attached hydrogen (secondary N) is 1. The van der Waals surface area contributed by atoms with Crippen LogP contribution in [0.3, 0.4) is 0 Å². The monoisotopic (exact) mass is 358 g/mol. The summed E-state index contributed by atoms with van der Waals surface area (Å²) < 4.78 is 1.19. The van der Waals surface area contributed by atoms with Gasteiger partial charge >= 0.3 is 0 Å². The van der Waals surface area contributed by atoms with E-state index in [1.165, 1.54) is 4.70 Å². The number of carbonyl (C=O) groups is 1. The van der Waals surface area contributed by atoms with Gasteiger partial charge in [0, 0.05) is 17.7 Å². The normalized spacial score (nSPS) is 10.8. The predicted molar refractivity (Wildman–Crippen MR) is 107 cm³/mol. The summed E-state index contributed by atoms with van der Waals surface area (Å²) in [4.78, 5) is 16.9. The van der Waals surface area contributed by atoms with Crippen LogP contribution in [0, 0.1) is 6.92 Å². The van der Waals surface area contributed by atoms with Gasteiger partial charge in [-0.3, -0.25) is 4.79 Å². The fourth-order valence-corrected chi connectivity index (χ4v) is 3.80. The molecule has 26 heavy (non-hydrogen) atoms. The van der Waals surface area contributed by atoms with Crippen molar-refractivity contribution in [3.05, 3.63) is 89.5 Å². The Bertz CT molecular complexity index is 1030. The topological polar surface area (TPSA) is 42.0 Å². The van der Waals surface area contributed by atoms with Gasteiger partial charge in [0.2, 0.25) is 0 Å². The van der Waals surface area contributed by atoms with Gasteiger partial charge in [-0.15, -0.1) is 11.3 Å². The fraction of sp³-hybridized carbons (Fsp3) is 0.0909. The number of aromatic nitrogens is 1. The number of aryl methyl sites for hydroxylation is 1. The van der Waals surface area contributed by atoms with Crippen molar-refractivity contribution in [1.29, 1.82) is 0 Å². The minimum atomic E-state index is -0.0519. The molecule has 1 aromatic heterocycles. The highest BCUT2D eigenvalue weighted by atomic mass is 32.1. The van der Waals surface area contributed by atoms with Crippen molar-refractivity contribution in [2.24, 2.45) is 0 Å². The Hall–Kier alpha value is -2.98. The Morgan fingerprint density at radius 2 is 1.81 bits per heavy atom. The molecule has 3 nitrogen and oxygen atoms in total. The van der Waals surface area contributed by atoms with Crippen LogP contribution >= 0.6 is 11.3 Å². The molecule has 1 amide bonds. The summed E-state index contributed by atoms with van der Waals surface area (Å²) in [6, 6.07) is 24.0. The molecule has 128 valence electrons. The second kappa shape index (κ2) is 7.10. The highest BCUT2D eigenvalue weighted by Gasteiger charge is 2.07. The lowest BCUT2D eigenvalue weighted by molar-refractivity contribution is 0.0951. The van der Waals surface area contributed by atoms with E-state index >= 15 is 0 Å². The van der Waals surface area contributed by atoms with E-state index in [4.69, 9.17) is 0 Å². The van der Waals surface area contributed by atoms with Gasteiger partial charge in [-0.2, -0.15) is 0 Å². The SMILES string of the molecule is Cc1cccc(C(=O)NCc2ccc(-c3nc4ccccc4s3)cc2)c1. The minimum absolute atomic E-state index is 0.0519. The molecule has 0 fully saturated rings. The van der Waals surface area contributed by atoms with Crippen molar-refractivity contribution in [3.63, 3.8) is 0 Å². The van der Waals surface area contributed by atoms with Crippen LogP contribution in [0.2, 0.25) is 0 Å². The third-order valence-corrected chi connectivity index (χ3v) is 5.31. The molecule has 0 aliphatic carbocycles. The summed E-state index contributed by atoms with van der Waals surface area (Å²) in [5, 5.41) is 3.99. The first-order valence-corrected chi connectivity index (χ1v) is 9.30. The maximum atomic E-state index is 12.2. The molecule has 0 aliphatic rings. The molecule has 1 heterocycles. The molecule has 0 aliphatic heterocycles. The van der Waals surface area contributed by atoms with E-state index in [-0.39, 0.29) is 5.91 Å². The molecule has 4 rings (SSSR count). The van der Waals surface area contributed by atoms with Crippen LogP contribution in [0.15, 0.2) is 72.8 Å². The number of benzene rings is 3. The molecular formula is C22H18N2OS. The number of nitrogens with zero attached hydrogens (tertiary/aromatic N) is 1. The number of thiazole rings is 1. The molecular weight excluding hydrogens is 340 g/mol. The summed E-state index contributed by atoms with van der Waals surface area (Å²) in [6.07, 6.45) is 0. The van der Waals surface area contributed by atoms with E-state index in [9.17, 15) is 4.79 Å². The van der Waals surface area contributed by atoms with Crippen LogP contribution in [0.25, 0.3) is 20.8 Å². The first-order chi connectivity index (χ1) is 12.7. The van der Waals surface area contributed by atoms with E-state index < -0.39 is 0 Å². The van der Waals surface area contributed by atoms with Crippen LogP contribution in [0.5, 0.6) is 0 Å². The molecule has 1 N–H and O–H groups in total. The van der Waals surface area contributed by atoms with Gasteiger partial charge in [0.05, 0.1) is 10.2 Å². The third-order valence-electron chi connectivity index (χ3n) is 4.23. The van der Waals surface area contributed by atoms with Gasteiger partial charge in [0.1, 0.15) is 5.01 Å². The standard InChI is InChI=1S/C22H18N2OS/c1-15-5-4-6-18(13-15)21(25)23-14-16-9-11-17(12-10-16)22-24-19-7-2-3-8-20(19)26-22/h2-13H,14H2,1H3,(H,23,25). The zero-order chi connectivity index (χ0) is 17.9. The number of fused-ring (bicyclic) bond motifs is 1. The lowest BCUT2D eigenvalue weighted by Gasteiger charge is -2.06. The largest absolute Gasteiger partial charge is 0.348 e. The Labute approximate surface area is 156 Å². The molecule has 3 aromatic carbocycles. The highest BCUT2D eigenvalue weighted by molar-refractivity contribution is 7.21. The van der Waals surface area contributed by atoms with Gasteiger partial charge in [-0.25, -0.2) is 4.98 Å². The molecule has 4 aromatic rings. The number of hydrogen-bond donors (Lipinski definition) is 1. The molecule has 0 spiro atoms. The Morgan fingerprint density at radius 3 is 2.58 bits per heavy atom. The summed E-state index contributed by atoms with van der Waals surface area (Å²) in [6.45, 7) is 2.49. The average Bonchev–Trinajstić information content (AvgIpc) is 3.11. The summed E-state index contributed by atoms with van der Waals surface area (Å²) in [5.74, 6) is -0.0519. The van der Waals surface area contributed by atoms with Gasteiger partial charge in [-0.05, 0) is 36.8 Å². The second-order valence-electron chi connectivity index (χ2n) is 6.24. The maximum absolute atomic E-state index is 12.2. The number of amides is 1. The van der Waals surface area contributed by atoms with Crippen LogP contribution in [-0.2, 0) is 6.54 Å². The minimum Gasteiger partial charge on any atom is -0.348 e. The highest BCUT2D eigenvalue weighted by Crippen LogP contribution is 2.29. The summed E-state index contributed by atoms with van der Waals surface area (Å²) in [5.41, 5.74) is 4.96. The van der Waals surface area contributed by atoms with Gasteiger partial charge in [0.15, 0.2) is 0 Å². The van der Waals surface area contributed by atoms with Crippen molar-refractivity contribution in [2.45, 2.75) is 13.5 Å². The van der Waals surface area contributed by atoms with Crippen molar-refractivity contribution >= 4 is 27.5 Å². The maximum Gasteiger partial charge on any atom is 0.251 e. The molecule has 0 saturated heterocycles. The van der Waals surface area contributed by atoms with Crippen molar-refractivity contribution in [2.75, 3.05) is 0 Å². The number of hydrogen-bond acceptors (Lipinski definition) is 3. The van der Waals surface area contributed by atoms with Crippen LogP contribution in [0.1, 0.15) is 21.5 Å². The molecule has 0 radical (unpaired) electrons. The van der Waals surface area contributed by atoms with E-state index in [1.54, 1.807) is 11.3 Å². The summed E-state index contributed by atoms with van der Waals surface area (Å²) >= 11 is 1.69. The van der Waals surface area contributed by atoms with E-state index in [2.05, 4.69) is 28.5 Å². The average molecular weight is 358 g/mol. The fourth-order valence-electron chi connectivity index (χ4n) is 2.83. The van der Waals surface area contributed by atoms with Gasteiger partial charge in [-0.1, -0.05) is 54.1 Å². The first-order valence-electron chi connectivity index (χ1n) is 8.49. The third kappa shape index (κ3) is 3.51. The lowest BCUT2D eigenvalue weighted by Crippen LogP contribution is -2.22. The van der Waals surface area contributed by atoms with Gasteiger partial charge in [0.25, 0.3) is 5.91 Å². The lowest BCUT2D eigenvalue weighted by atomic mass is 10.1. The smallest absolute Gasteiger partial charge is 0.251 e. The Kier molecular flexibility index (Phi) is 4.50. The van der Waals surface area contributed by atoms with Crippen LogP contribution in [-0.4, -0.2) is 10.9 Å². The van der Waals surface area contributed by atoms with Crippen LogP contribution < -0.4 is 5.32 Å². The van der Waals surface area contributed by atoms with E-state index in [0.717, 1.165) is 27.2 Å². The van der Waals surface area contributed by atoms with Gasteiger partial charge < -0.3 is 5.32 Å². The number of para-hydroxylation sites is 1. The summed E-state index contributed by atoms with van der Waals surface area (Å²) in [7, 11) is 0.